The molecule has 0 amide bonds. The van der Waals surface area contributed by atoms with Gasteiger partial charge >= 0.3 is 0 Å². The summed E-state index contributed by atoms with van der Waals surface area (Å²) in [4.78, 5) is 9.39. The molecule has 1 saturated heterocycles. The van der Waals surface area contributed by atoms with E-state index < -0.39 is 12.2 Å². The Labute approximate surface area is 189 Å². The van der Waals surface area contributed by atoms with E-state index in [4.69, 9.17) is 15.2 Å². The molecule has 0 radical (unpaired) electrons. The van der Waals surface area contributed by atoms with E-state index in [1.54, 1.807) is 0 Å². The van der Waals surface area contributed by atoms with Crippen LogP contribution in [0, 0.1) is 5.92 Å². The zero-order valence-corrected chi connectivity index (χ0v) is 20.0. The molecule has 0 aromatic rings. The molecular weight excluding hydrogens is 398 g/mol. The minimum Gasteiger partial charge on any atom is -0.389 e. The molecule has 1 heterocycles. The molecule has 0 spiro atoms. The molecule has 1 fully saturated rings. The second kappa shape index (κ2) is 17.9. The molecule has 2 atom stereocenters. The van der Waals surface area contributed by atoms with Gasteiger partial charge < -0.3 is 30.7 Å². The van der Waals surface area contributed by atoms with Crippen molar-refractivity contribution in [1.82, 2.24) is 15.1 Å². The molecule has 0 aromatic carbocycles. The summed E-state index contributed by atoms with van der Waals surface area (Å²) in [6, 6.07) is 0. The number of ether oxygens (including phenoxy) is 2. The molecule has 0 aromatic heterocycles. The molecule has 31 heavy (non-hydrogen) atoms. The topological polar surface area (TPSA) is 116 Å². The quantitative estimate of drug-likeness (QED) is 0.164. The number of nitrogens with two attached hydrogens (primary N) is 1. The number of nitrogens with zero attached hydrogens (tertiary/aromatic N) is 3. The van der Waals surface area contributed by atoms with Crippen molar-refractivity contribution in [3.8, 4) is 0 Å². The van der Waals surface area contributed by atoms with Crippen molar-refractivity contribution in [3.05, 3.63) is 0 Å². The predicted molar refractivity (Wildman–Crippen MR) is 126 cm³/mol. The van der Waals surface area contributed by atoms with Gasteiger partial charge in [0.05, 0.1) is 32.0 Å². The Morgan fingerprint density at radius 2 is 1.65 bits per heavy atom. The lowest BCUT2D eigenvalue weighted by atomic mass is 10.1. The highest BCUT2D eigenvalue weighted by Crippen LogP contribution is 2.04. The Kier molecular flexibility index (Phi) is 16.3. The standard InChI is InChI=1S/C22H47N5O4/c1-19(2)20(3)25-7-8-26-9-11-27(12-10-26)16-22(29)18-31-14-4-13-30-17-21(28)15-24-6-5-23/h19,21-22,24,28-29H,4-18,23H2,1-3H3. The predicted octanol–water partition coefficient (Wildman–Crippen LogP) is -0.586. The summed E-state index contributed by atoms with van der Waals surface area (Å²) in [5, 5.41) is 23.0. The van der Waals surface area contributed by atoms with Gasteiger partial charge in [-0.05, 0) is 19.3 Å². The molecule has 1 aliphatic heterocycles. The van der Waals surface area contributed by atoms with Crippen LogP contribution >= 0.6 is 0 Å². The largest absolute Gasteiger partial charge is 0.389 e. The van der Waals surface area contributed by atoms with Gasteiger partial charge in [-0.2, -0.15) is 0 Å². The first-order valence-electron chi connectivity index (χ1n) is 11.8. The van der Waals surface area contributed by atoms with Crippen LogP contribution in [0.25, 0.3) is 0 Å². The van der Waals surface area contributed by atoms with Crippen LogP contribution in [0.5, 0.6) is 0 Å². The van der Waals surface area contributed by atoms with E-state index in [9.17, 15) is 10.2 Å². The van der Waals surface area contributed by atoms with E-state index in [-0.39, 0.29) is 0 Å². The zero-order chi connectivity index (χ0) is 22.9. The smallest absolute Gasteiger partial charge is 0.0900 e. The molecule has 0 saturated carbocycles. The van der Waals surface area contributed by atoms with Crippen molar-refractivity contribution >= 4 is 5.71 Å². The van der Waals surface area contributed by atoms with Crippen LogP contribution in [-0.2, 0) is 9.47 Å². The number of hydrogen-bond donors (Lipinski definition) is 4. The van der Waals surface area contributed by atoms with Gasteiger partial charge in [0.25, 0.3) is 0 Å². The number of β-amino-alcohol motifs (C(OH)–C–C–N with tert-alkyl or cyclic N) is 1. The van der Waals surface area contributed by atoms with E-state index in [1.165, 1.54) is 5.71 Å². The van der Waals surface area contributed by atoms with E-state index >= 15 is 0 Å². The summed E-state index contributed by atoms with van der Waals surface area (Å²) in [5.41, 5.74) is 6.60. The van der Waals surface area contributed by atoms with Crippen molar-refractivity contribution in [2.24, 2.45) is 16.6 Å². The minimum absolute atomic E-state index is 0.301. The fraction of sp³-hybridized carbons (Fsp3) is 0.955. The van der Waals surface area contributed by atoms with Gasteiger partial charge in [0.1, 0.15) is 0 Å². The van der Waals surface area contributed by atoms with Gasteiger partial charge in [0.15, 0.2) is 0 Å². The van der Waals surface area contributed by atoms with Gasteiger partial charge in [-0.25, -0.2) is 0 Å². The van der Waals surface area contributed by atoms with Crippen LogP contribution in [-0.4, -0.2) is 130 Å². The van der Waals surface area contributed by atoms with Crippen LogP contribution in [0.1, 0.15) is 27.2 Å². The van der Waals surface area contributed by atoms with E-state index in [0.717, 1.165) is 45.7 Å². The highest BCUT2D eigenvalue weighted by Gasteiger charge is 2.19. The molecule has 5 N–H and O–H groups in total. The van der Waals surface area contributed by atoms with Crippen molar-refractivity contribution < 1.29 is 19.7 Å². The highest BCUT2D eigenvalue weighted by molar-refractivity contribution is 5.83. The summed E-state index contributed by atoms with van der Waals surface area (Å²) < 4.78 is 11.0. The lowest BCUT2D eigenvalue weighted by Gasteiger charge is -2.35. The Balaban J connectivity index is 1.98. The van der Waals surface area contributed by atoms with Gasteiger partial charge in [-0.15, -0.1) is 0 Å². The Morgan fingerprint density at radius 3 is 2.26 bits per heavy atom. The van der Waals surface area contributed by atoms with Crippen molar-refractivity contribution in [2.75, 3.05) is 91.9 Å². The Morgan fingerprint density at radius 1 is 1.03 bits per heavy atom. The number of rotatable bonds is 18. The van der Waals surface area contributed by atoms with E-state index in [2.05, 4.69) is 40.9 Å². The van der Waals surface area contributed by atoms with Crippen LogP contribution in [0.4, 0.5) is 0 Å². The monoisotopic (exact) mass is 445 g/mol. The van der Waals surface area contributed by atoms with Crippen LogP contribution in [0.3, 0.4) is 0 Å². The number of aliphatic imine (C=N–C) groups is 1. The fourth-order valence-corrected chi connectivity index (χ4v) is 3.23. The average molecular weight is 446 g/mol. The highest BCUT2D eigenvalue weighted by atomic mass is 16.5. The molecule has 0 bridgehead atoms. The third-order valence-electron chi connectivity index (χ3n) is 5.45. The number of aliphatic hydroxyl groups is 2. The molecule has 1 rings (SSSR count). The van der Waals surface area contributed by atoms with Crippen LogP contribution in [0.15, 0.2) is 4.99 Å². The lowest BCUT2D eigenvalue weighted by molar-refractivity contribution is -0.00547. The fourth-order valence-electron chi connectivity index (χ4n) is 3.23. The van der Waals surface area contributed by atoms with Crippen LogP contribution < -0.4 is 11.1 Å². The van der Waals surface area contributed by atoms with Crippen molar-refractivity contribution in [2.45, 2.75) is 39.4 Å². The normalized spacial score (nSPS) is 18.6. The molecule has 9 nitrogen and oxygen atoms in total. The zero-order valence-electron chi connectivity index (χ0n) is 20.0. The third kappa shape index (κ3) is 14.9. The molecule has 2 unspecified atom stereocenters. The minimum atomic E-state index is -0.522. The van der Waals surface area contributed by atoms with E-state index in [0.29, 0.717) is 58.5 Å². The maximum absolute atomic E-state index is 10.2. The SMILES string of the molecule is CC(=NCCN1CCN(CC(O)COCCCOCC(O)CNCCN)CC1)C(C)C. The number of hydrogen-bond acceptors (Lipinski definition) is 9. The third-order valence-corrected chi connectivity index (χ3v) is 5.45. The van der Waals surface area contributed by atoms with Gasteiger partial charge in [0, 0.05) is 77.8 Å². The summed E-state index contributed by atoms with van der Waals surface area (Å²) >= 11 is 0. The van der Waals surface area contributed by atoms with Gasteiger partial charge in [-0.1, -0.05) is 13.8 Å². The molecule has 0 aliphatic carbocycles. The molecule has 9 heteroatoms. The lowest BCUT2D eigenvalue weighted by Crippen LogP contribution is -2.49. The van der Waals surface area contributed by atoms with Crippen LogP contribution in [0.2, 0.25) is 0 Å². The number of aliphatic hydroxyl groups excluding tert-OH is 2. The second-order valence-electron chi connectivity index (χ2n) is 8.62. The maximum atomic E-state index is 10.2. The van der Waals surface area contributed by atoms with E-state index in [1.807, 2.05) is 0 Å². The van der Waals surface area contributed by atoms with Crippen molar-refractivity contribution in [1.29, 1.82) is 0 Å². The first-order chi connectivity index (χ1) is 14.9. The molecular formula is C22H47N5O4. The molecule has 1 aliphatic rings. The average Bonchev–Trinajstić information content (AvgIpc) is 2.74. The molecule has 184 valence electrons. The second-order valence-corrected chi connectivity index (χ2v) is 8.62. The van der Waals surface area contributed by atoms with Crippen molar-refractivity contribution in [3.63, 3.8) is 0 Å². The number of nitrogens with one attached hydrogen (secondary N) is 1. The summed E-state index contributed by atoms with van der Waals surface area (Å²) in [6.07, 6.45) is -0.250. The first kappa shape index (κ1) is 28.4. The Hall–Kier alpha value is -0.650. The van der Waals surface area contributed by atoms with Gasteiger partial charge in [0.2, 0.25) is 0 Å². The Bertz CT molecular complexity index is 459. The number of piperazine rings is 1. The first-order valence-corrected chi connectivity index (χ1v) is 11.8. The van der Waals surface area contributed by atoms with Gasteiger partial charge in [-0.3, -0.25) is 14.8 Å². The maximum Gasteiger partial charge on any atom is 0.0900 e. The summed E-state index contributed by atoms with van der Waals surface area (Å²) in [7, 11) is 0. The summed E-state index contributed by atoms with van der Waals surface area (Å²) in [5.74, 6) is 0.523. The summed E-state index contributed by atoms with van der Waals surface area (Å²) in [6.45, 7) is 16.4.